The average molecular weight is 278 g/mol. The summed E-state index contributed by atoms with van der Waals surface area (Å²) in [5, 5.41) is 22.2. The van der Waals surface area contributed by atoms with E-state index in [4.69, 9.17) is 0 Å². The number of nitrogens with one attached hydrogen (secondary N) is 1. The van der Waals surface area contributed by atoms with Gasteiger partial charge in [0.2, 0.25) is 5.91 Å². The number of nitrogens with zero attached hydrogens (tertiary/aromatic N) is 1. The predicted molar refractivity (Wildman–Crippen MR) is 76.0 cm³/mol. The lowest BCUT2D eigenvalue weighted by atomic mass is 10.1. The van der Waals surface area contributed by atoms with E-state index in [9.17, 15) is 15.0 Å². The molecule has 1 heterocycles. The van der Waals surface area contributed by atoms with Crippen molar-refractivity contribution in [2.45, 2.75) is 37.6 Å². The lowest BCUT2D eigenvalue weighted by Gasteiger charge is -2.29. The minimum atomic E-state index is -0.585. The maximum atomic E-state index is 11.6. The number of benzene rings is 1. The summed E-state index contributed by atoms with van der Waals surface area (Å²) in [6.45, 7) is 0.531. The molecule has 1 aliphatic heterocycles. The summed E-state index contributed by atoms with van der Waals surface area (Å²) in [6.07, 6.45) is 0.279. The number of carbonyl (C=O) groups excluding carboxylic acids is 1. The van der Waals surface area contributed by atoms with Gasteiger partial charge < -0.3 is 15.5 Å². The van der Waals surface area contributed by atoms with Crippen molar-refractivity contribution in [1.82, 2.24) is 10.2 Å². The first kappa shape index (κ1) is 15.0. The normalized spacial score (nSPS) is 26.6. The summed E-state index contributed by atoms with van der Waals surface area (Å²) in [7, 11) is 1.61. The molecule has 1 amide bonds. The van der Waals surface area contributed by atoms with E-state index in [1.807, 2.05) is 35.2 Å². The van der Waals surface area contributed by atoms with Gasteiger partial charge in [-0.05, 0) is 12.0 Å². The molecule has 1 aromatic rings. The smallest absolute Gasteiger partial charge is 0.221 e. The highest BCUT2D eigenvalue weighted by atomic mass is 16.3. The molecule has 0 radical (unpaired) electrons. The molecule has 5 heteroatoms. The first-order valence-corrected chi connectivity index (χ1v) is 6.95. The number of hydrogen-bond donors (Lipinski definition) is 3. The molecule has 3 atom stereocenters. The van der Waals surface area contributed by atoms with Crippen LogP contribution in [0.1, 0.15) is 18.4 Å². The fraction of sp³-hybridized carbons (Fsp3) is 0.533. The first-order valence-electron chi connectivity index (χ1n) is 6.95. The van der Waals surface area contributed by atoms with Crippen molar-refractivity contribution in [2.75, 3.05) is 13.7 Å². The van der Waals surface area contributed by atoms with Crippen LogP contribution in [-0.2, 0) is 11.3 Å². The van der Waals surface area contributed by atoms with E-state index in [0.29, 0.717) is 19.4 Å². The molecule has 0 unspecified atom stereocenters. The Morgan fingerprint density at radius 2 is 2.10 bits per heavy atom. The van der Waals surface area contributed by atoms with Gasteiger partial charge in [-0.25, -0.2) is 0 Å². The zero-order valence-electron chi connectivity index (χ0n) is 11.7. The topological polar surface area (TPSA) is 72.8 Å². The molecule has 110 valence electrons. The maximum absolute atomic E-state index is 11.6. The largest absolute Gasteiger partial charge is 0.395 e. The highest BCUT2D eigenvalue weighted by molar-refractivity contribution is 5.76. The molecule has 0 aromatic heterocycles. The number of carbonyl (C=O) groups is 1. The number of aliphatic hydroxyl groups is 2. The van der Waals surface area contributed by atoms with Crippen LogP contribution in [0, 0.1) is 0 Å². The van der Waals surface area contributed by atoms with Gasteiger partial charge in [0, 0.05) is 26.1 Å². The van der Waals surface area contributed by atoms with Crippen LogP contribution in [0.2, 0.25) is 0 Å². The lowest BCUT2D eigenvalue weighted by Crippen LogP contribution is -2.42. The lowest BCUT2D eigenvalue weighted by molar-refractivity contribution is -0.121. The molecule has 2 rings (SSSR count). The maximum Gasteiger partial charge on any atom is 0.221 e. The van der Waals surface area contributed by atoms with Gasteiger partial charge in [-0.1, -0.05) is 30.3 Å². The van der Waals surface area contributed by atoms with Gasteiger partial charge in [0.1, 0.15) is 0 Å². The molecule has 0 spiro atoms. The quantitative estimate of drug-likeness (QED) is 0.715. The molecule has 1 saturated heterocycles. The molecule has 0 bridgehead atoms. The number of aliphatic hydroxyl groups excluding tert-OH is 2. The molecule has 0 aliphatic carbocycles. The molecule has 0 saturated carbocycles. The summed E-state index contributed by atoms with van der Waals surface area (Å²) in [6, 6.07) is 9.56. The Balaban J connectivity index is 2.12. The first-order chi connectivity index (χ1) is 9.65. The molecular weight excluding hydrogens is 256 g/mol. The van der Waals surface area contributed by atoms with Crippen LogP contribution < -0.4 is 5.32 Å². The van der Waals surface area contributed by atoms with Gasteiger partial charge in [0.15, 0.2) is 0 Å². The van der Waals surface area contributed by atoms with Crippen molar-refractivity contribution in [3.05, 3.63) is 35.9 Å². The summed E-state index contributed by atoms with van der Waals surface area (Å²) < 4.78 is 0. The Hall–Kier alpha value is -1.43. The van der Waals surface area contributed by atoms with Crippen molar-refractivity contribution in [1.29, 1.82) is 0 Å². The highest BCUT2D eigenvalue weighted by Crippen LogP contribution is 2.28. The zero-order valence-corrected chi connectivity index (χ0v) is 11.7. The van der Waals surface area contributed by atoms with Crippen molar-refractivity contribution in [3.8, 4) is 0 Å². The zero-order chi connectivity index (χ0) is 14.5. The highest BCUT2D eigenvalue weighted by Gasteiger charge is 2.40. The van der Waals surface area contributed by atoms with Crippen molar-refractivity contribution in [2.24, 2.45) is 0 Å². The van der Waals surface area contributed by atoms with E-state index < -0.39 is 6.10 Å². The van der Waals surface area contributed by atoms with Gasteiger partial charge in [0.25, 0.3) is 0 Å². The van der Waals surface area contributed by atoms with Crippen LogP contribution >= 0.6 is 0 Å². The molecule has 5 nitrogen and oxygen atoms in total. The Bertz CT molecular complexity index is 438. The van der Waals surface area contributed by atoms with E-state index in [2.05, 4.69) is 5.32 Å². The van der Waals surface area contributed by atoms with Crippen LogP contribution in [-0.4, -0.2) is 52.9 Å². The Kier molecular flexibility index (Phi) is 5.11. The van der Waals surface area contributed by atoms with E-state index in [1.54, 1.807) is 7.05 Å². The molecule has 1 fully saturated rings. The van der Waals surface area contributed by atoms with Crippen molar-refractivity contribution >= 4 is 5.91 Å². The van der Waals surface area contributed by atoms with E-state index in [-0.39, 0.29) is 24.6 Å². The van der Waals surface area contributed by atoms with Crippen LogP contribution in [0.4, 0.5) is 0 Å². The monoisotopic (exact) mass is 278 g/mol. The molecule has 20 heavy (non-hydrogen) atoms. The molecular formula is C15H22N2O3. The van der Waals surface area contributed by atoms with Crippen LogP contribution in [0.5, 0.6) is 0 Å². The summed E-state index contributed by atoms with van der Waals surface area (Å²) >= 11 is 0. The van der Waals surface area contributed by atoms with Gasteiger partial charge >= 0.3 is 0 Å². The summed E-state index contributed by atoms with van der Waals surface area (Å²) in [4.78, 5) is 13.6. The third kappa shape index (κ3) is 3.36. The van der Waals surface area contributed by atoms with Crippen molar-refractivity contribution in [3.63, 3.8) is 0 Å². The fourth-order valence-electron chi connectivity index (χ4n) is 2.85. The third-order valence-electron chi connectivity index (χ3n) is 3.95. The van der Waals surface area contributed by atoms with E-state index >= 15 is 0 Å². The van der Waals surface area contributed by atoms with Gasteiger partial charge in [0.05, 0.1) is 18.8 Å². The molecule has 1 aromatic carbocycles. The Labute approximate surface area is 119 Å². The number of likely N-dealkylation sites (tertiary alicyclic amines) is 1. The minimum absolute atomic E-state index is 0.0395. The van der Waals surface area contributed by atoms with Gasteiger partial charge in [-0.3, -0.25) is 9.69 Å². The van der Waals surface area contributed by atoms with Crippen LogP contribution in [0.25, 0.3) is 0 Å². The predicted octanol–water partition coefficient (Wildman–Crippen LogP) is 0.119. The van der Waals surface area contributed by atoms with Gasteiger partial charge in [-0.15, -0.1) is 0 Å². The third-order valence-corrected chi connectivity index (χ3v) is 3.95. The molecule has 1 aliphatic rings. The van der Waals surface area contributed by atoms with Gasteiger partial charge in [-0.2, -0.15) is 0 Å². The minimum Gasteiger partial charge on any atom is -0.395 e. The standard InChI is InChI=1S/C15H22N2O3/c1-16-15(20)8-12-7-14(19)13(10-18)17(12)9-11-5-3-2-4-6-11/h2-6,12-14,18-19H,7-10H2,1H3,(H,16,20)/t12-,13+,14-/m0/s1. The van der Waals surface area contributed by atoms with E-state index in [0.717, 1.165) is 5.56 Å². The second kappa shape index (κ2) is 6.83. The second-order valence-corrected chi connectivity index (χ2v) is 5.24. The van der Waals surface area contributed by atoms with E-state index in [1.165, 1.54) is 0 Å². The number of amides is 1. The second-order valence-electron chi connectivity index (χ2n) is 5.24. The van der Waals surface area contributed by atoms with Crippen molar-refractivity contribution < 1.29 is 15.0 Å². The number of hydrogen-bond acceptors (Lipinski definition) is 4. The number of rotatable bonds is 5. The molecule has 3 N–H and O–H groups in total. The average Bonchev–Trinajstić information content (AvgIpc) is 2.75. The SMILES string of the molecule is CNC(=O)C[C@@H]1C[C@H](O)[C@@H](CO)N1Cc1ccccc1. The fourth-order valence-corrected chi connectivity index (χ4v) is 2.85. The Morgan fingerprint density at radius 3 is 2.70 bits per heavy atom. The van der Waals surface area contributed by atoms with Crippen LogP contribution in [0.3, 0.4) is 0 Å². The Morgan fingerprint density at radius 1 is 1.40 bits per heavy atom. The summed E-state index contributed by atoms with van der Waals surface area (Å²) in [5.74, 6) is -0.0427. The summed E-state index contributed by atoms with van der Waals surface area (Å²) in [5.41, 5.74) is 1.11. The van der Waals surface area contributed by atoms with Crippen LogP contribution in [0.15, 0.2) is 30.3 Å².